The Kier molecular flexibility index (Phi) is 4.35. The molecule has 1 heterocycles. The van der Waals surface area contributed by atoms with Crippen LogP contribution in [0, 0.1) is 5.92 Å². The van der Waals surface area contributed by atoms with Crippen molar-refractivity contribution in [2.45, 2.75) is 51.5 Å². The van der Waals surface area contributed by atoms with Gasteiger partial charge in [-0.25, -0.2) is 0 Å². The van der Waals surface area contributed by atoms with Crippen molar-refractivity contribution in [3.63, 3.8) is 0 Å². The lowest BCUT2D eigenvalue weighted by molar-refractivity contribution is 0.149. The minimum absolute atomic E-state index is 0.422. The van der Waals surface area contributed by atoms with Gasteiger partial charge in [0.2, 0.25) is 5.89 Å². The summed E-state index contributed by atoms with van der Waals surface area (Å²) in [4.78, 5) is 4.43. The highest BCUT2D eigenvalue weighted by Crippen LogP contribution is 2.36. The van der Waals surface area contributed by atoms with E-state index < -0.39 is 5.54 Å². The second kappa shape index (κ2) is 5.80. The number of nitrogens with zero attached hydrogens (tertiary/aromatic N) is 2. The van der Waals surface area contributed by atoms with E-state index in [0.717, 1.165) is 19.3 Å². The van der Waals surface area contributed by atoms with Crippen LogP contribution in [0.4, 0.5) is 0 Å². The van der Waals surface area contributed by atoms with Gasteiger partial charge in [0.1, 0.15) is 0 Å². The Labute approximate surface area is 108 Å². The third kappa shape index (κ3) is 3.09. The minimum Gasteiger partial charge on any atom is -0.381 e. The molecule has 1 aromatic heterocycles. The molecule has 0 bridgehead atoms. The fourth-order valence-electron chi connectivity index (χ4n) is 2.65. The zero-order chi connectivity index (χ0) is 13.0. The van der Waals surface area contributed by atoms with Crippen molar-refractivity contribution in [2.24, 2.45) is 11.7 Å². The molecule has 0 spiro atoms. The molecular formula is C13H23N3O2. The highest BCUT2D eigenvalue weighted by molar-refractivity contribution is 5.04. The molecule has 5 heteroatoms. The predicted molar refractivity (Wildman–Crippen MR) is 68.0 cm³/mol. The minimum atomic E-state index is -0.422. The summed E-state index contributed by atoms with van der Waals surface area (Å²) in [5.74, 6) is 1.92. The molecule has 1 fully saturated rings. The Morgan fingerprint density at radius 2 is 2.39 bits per heavy atom. The van der Waals surface area contributed by atoms with Crippen LogP contribution in [-0.2, 0) is 16.7 Å². The van der Waals surface area contributed by atoms with Gasteiger partial charge in [0.15, 0.2) is 5.82 Å². The maximum absolute atomic E-state index is 6.41. The second-order valence-corrected chi connectivity index (χ2v) is 5.32. The summed E-state index contributed by atoms with van der Waals surface area (Å²) in [7, 11) is 0. The molecule has 5 nitrogen and oxygen atoms in total. The third-order valence-electron chi connectivity index (χ3n) is 3.60. The lowest BCUT2D eigenvalue weighted by atomic mass is 9.77. The Morgan fingerprint density at radius 1 is 1.56 bits per heavy atom. The standard InChI is InChI=1S/C13H23N3O2/c1-3-17-8-6-11-15-12(18-16-11)13(14)7-4-5-10(2)9-13/h10H,3-9,14H2,1-2H3. The van der Waals surface area contributed by atoms with Crippen LogP contribution in [0.25, 0.3) is 0 Å². The molecule has 18 heavy (non-hydrogen) atoms. The van der Waals surface area contributed by atoms with Gasteiger partial charge in [0, 0.05) is 13.0 Å². The SMILES string of the molecule is CCOCCc1noc(C2(N)CCCC(C)C2)n1. The van der Waals surface area contributed by atoms with Crippen LogP contribution in [0.3, 0.4) is 0 Å². The van der Waals surface area contributed by atoms with E-state index in [4.69, 9.17) is 15.0 Å². The van der Waals surface area contributed by atoms with Gasteiger partial charge in [-0.15, -0.1) is 0 Å². The number of rotatable bonds is 5. The van der Waals surface area contributed by atoms with Gasteiger partial charge in [0.05, 0.1) is 12.1 Å². The molecule has 2 atom stereocenters. The molecule has 1 saturated carbocycles. The molecular weight excluding hydrogens is 230 g/mol. The Hall–Kier alpha value is -0.940. The second-order valence-electron chi connectivity index (χ2n) is 5.32. The molecule has 0 aromatic carbocycles. The summed E-state index contributed by atoms with van der Waals surface area (Å²) < 4.78 is 10.6. The van der Waals surface area contributed by atoms with E-state index in [1.165, 1.54) is 6.42 Å². The molecule has 0 radical (unpaired) electrons. The average molecular weight is 253 g/mol. The Balaban J connectivity index is 1.99. The van der Waals surface area contributed by atoms with Crippen LogP contribution in [0.2, 0.25) is 0 Å². The largest absolute Gasteiger partial charge is 0.381 e. The zero-order valence-electron chi connectivity index (χ0n) is 11.3. The van der Waals surface area contributed by atoms with Crippen molar-refractivity contribution < 1.29 is 9.26 Å². The monoisotopic (exact) mass is 253 g/mol. The Bertz CT molecular complexity index is 380. The van der Waals surface area contributed by atoms with Crippen molar-refractivity contribution in [3.05, 3.63) is 11.7 Å². The maximum atomic E-state index is 6.41. The van der Waals surface area contributed by atoms with Gasteiger partial charge >= 0.3 is 0 Å². The highest BCUT2D eigenvalue weighted by atomic mass is 16.5. The van der Waals surface area contributed by atoms with Crippen molar-refractivity contribution >= 4 is 0 Å². The van der Waals surface area contributed by atoms with E-state index in [2.05, 4.69) is 17.1 Å². The molecule has 1 aliphatic rings. The van der Waals surface area contributed by atoms with E-state index in [-0.39, 0.29) is 0 Å². The van der Waals surface area contributed by atoms with Gasteiger partial charge in [-0.05, 0) is 25.7 Å². The number of nitrogens with two attached hydrogens (primary N) is 1. The lowest BCUT2D eigenvalue weighted by Crippen LogP contribution is -2.41. The summed E-state index contributed by atoms with van der Waals surface area (Å²) in [5.41, 5.74) is 5.99. The summed E-state index contributed by atoms with van der Waals surface area (Å²) in [6.45, 7) is 5.54. The molecule has 0 amide bonds. The molecule has 1 aromatic rings. The first-order chi connectivity index (χ1) is 8.64. The maximum Gasteiger partial charge on any atom is 0.246 e. The van der Waals surface area contributed by atoms with Crippen molar-refractivity contribution in [1.82, 2.24) is 10.1 Å². The zero-order valence-corrected chi connectivity index (χ0v) is 11.3. The molecule has 0 aliphatic heterocycles. The van der Waals surface area contributed by atoms with Gasteiger partial charge in [-0.3, -0.25) is 0 Å². The summed E-state index contributed by atoms with van der Waals surface area (Å²) >= 11 is 0. The normalized spacial score (nSPS) is 28.5. The van der Waals surface area contributed by atoms with Gasteiger partial charge in [-0.2, -0.15) is 4.98 Å². The molecule has 1 aliphatic carbocycles. The summed E-state index contributed by atoms with van der Waals surface area (Å²) in [6.07, 6.45) is 4.92. The number of hydrogen-bond acceptors (Lipinski definition) is 5. The first-order valence-corrected chi connectivity index (χ1v) is 6.84. The van der Waals surface area contributed by atoms with E-state index in [9.17, 15) is 0 Å². The van der Waals surface area contributed by atoms with E-state index in [1.807, 2.05) is 6.92 Å². The average Bonchev–Trinajstić information content (AvgIpc) is 2.78. The number of ether oxygens (including phenoxy) is 1. The predicted octanol–water partition coefficient (Wildman–Crippen LogP) is 2.01. The Morgan fingerprint density at radius 3 is 3.11 bits per heavy atom. The smallest absolute Gasteiger partial charge is 0.246 e. The van der Waals surface area contributed by atoms with Gasteiger partial charge in [0.25, 0.3) is 0 Å². The third-order valence-corrected chi connectivity index (χ3v) is 3.60. The molecule has 102 valence electrons. The van der Waals surface area contributed by atoms with Crippen LogP contribution in [0.15, 0.2) is 4.52 Å². The van der Waals surface area contributed by atoms with E-state index >= 15 is 0 Å². The van der Waals surface area contributed by atoms with Crippen molar-refractivity contribution in [3.8, 4) is 0 Å². The number of aromatic nitrogens is 2. The van der Waals surface area contributed by atoms with Gasteiger partial charge < -0.3 is 15.0 Å². The van der Waals surface area contributed by atoms with Crippen LogP contribution in [-0.4, -0.2) is 23.4 Å². The quantitative estimate of drug-likeness (QED) is 0.812. The highest BCUT2D eigenvalue weighted by Gasteiger charge is 2.37. The van der Waals surface area contributed by atoms with Crippen molar-refractivity contribution in [1.29, 1.82) is 0 Å². The topological polar surface area (TPSA) is 74.2 Å². The van der Waals surface area contributed by atoms with E-state index in [1.54, 1.807) is 0 Å². The van der Waals surface area contributed by atoms with E-state index in [0.29, 0.717) is 37.3 Å². The first-order valence-electron chi connectivity index (χ1n) is 6.84. The lowest BCUT2D eigenvalue weighted by Gasteiger charge is -2.33. The summed E-state index contributed by atoms with van der Waals surface area (Å²) in [5, 5.41) is 3.99. The van der Waals surface area contributed by atoms with Gasteiger partial charge in [-0.1, -0.05) is 24.9 Å². The van der Waals surface area contributed by atoms with Crippen LogP contribution < -0.4 is 5.73 Å². The molecule has 0 saturated heterocycles. The van der Waals surface area contributed by atoms with Crippen LogP contribution in [0.5, 0.6) is 0 Å². The molecule has 2 rings (SSSR count). The van der Waals surface area contributed by atoms with Crippen LogP contribution >= 0.6 is 0 Å². The fraction of sp³-hybridized carbons (Fsp3) is 0.846. The first kappa shape index (κ1) is 13.5. The fourth-order valence-corrected chi connectivity index (χ4v) is 2.65. The van der Waals surface area contributed by atoms with Crippen LogP contribution in [0.1, 0.15) is 51.2 Å². The number of hydrogen-bond donors (Lipinski definition) is 1. The van der Waals surface area contributed by atoms with Crippen molar-refractivity contribution in [2.75, 3.05) is 13.2 Å². The molecule has 2 unspecified atom stereocenters. The molecule has 2 N–H and O–H groups in total. The summed E-state index contributed by atoms with van der Waals surface area (Å²) in [6, 6.07) is 0.